The van der Waals surface area contributed by atoms with Gasteiger partial charge in [0.2, 0.25) is 0 Å². The van der Waals surface area contributed by atoms with E-state index in [0.717, 1.165) is 5.03 Å². The first kappa shape index (κ1) is 22.0. The van der Waals surface area contributed by atoms with Crippen molar-refractivity contribution in [1.82, 2.24) is 10.3 Å². The number of rotatable bonds is 4. The summed E-state index contributed by atoms with van der Waals surface area (Å²) in [5.74, 6) is -1.12. The average Bonchev–Trinajstić information content (AvgIpc) is 2.64. The quantitative estimate of drug-likeness (QED) is 0.459. The molecule has 1 N–H and O–H groups in total. The molecule has 3 atom stereocenters. The van der Waals surface area contributed by atoms with Crippen molar-refractivity contribution in [2.24, 2.45) is 5.92 Å². The van der Waals surface area contributed by atoms with Gasteiger partial charge in [-0.3, -0.25) is 4.79 Å². The Morgan fingerprint density at radius 2 is 2.07 bits per heavy atom. The summed E-state index contributed by atoms with van der Waals surface area (Å²) in [6.07, 6.45) is 0.722. The molecule has 0 aromatic carbocycles. The first-order valence-corrected chi connectivity index (χ1v) is 10.0. The number of alkyl carbamates (subject to hydrolysis) is 1. The highest BCUT2D eigenvalue weighted by Crippen LogP contribution is 2.24. The Kier molecular flexibility index (Phi) is 7.68. The summed E-state index contributed by atoms with van der Waals surface area (Å²) in [7, 11) is 0. The highest BCUT2D eigenvalue weighted by Gasteiger charge is 2.33. The van der Waals surface area contributed by atoms with Crippen molar-refractivity contribution in [3.05, 3.63) is 24.4 Å². The molecule has 1 aromatic heterocycles. The molecule has 0 spiro atoms. The van der Waals surface area contributed by atoms with E-state index in [-0.39, 0.29) is 6.61 Å². The number of nitrogens with one attached hydrogen (secondary N) is 1. The SMILES string of the molecule is CC1CC(CSc2ccccn2)C(=O)OC[C@H](NC(=O)OC(C)(C)C)C(=O)O1. The summed E-state index contributed by atoms with van der Waals surface area (Å²) in [6, 6.07) is 4.42. The molecule has 2 heterocycles. The average molecular weight is 410 g/mol. The second-order valence-electron chi connectivity index (χ2n) is 7.49. The van der Waals surface area contributed by atoms with Gasteiger partial charge in [0.15, 0.2) is 6.04 Å². The maximum atomic E-state index is 12.5. The zero-order chi connectivity index (χ0) is 20.7. The molecule has 0 radical (unpaired) electrons. The standard InChI is InChI=1S/C19H26N2O6S/c1-12-9-13(11-28-15-7-5-6-8-20-15)16(22)25-10-14(17(23)26-12)21-18(24)27-19(2,3)4/h5-8,12-14H,9-11H2,1-4H3,(H,21,24)/t12?,13?,14-/m0/s1. The van der Waals surface area contributed by atoms with Crippen molar-refractivity contribution in [3.8, 4) is 0 Å². The van der Waals surface area contributed by atoms with Crippen LogP contribution in [-0.4, -0.2) is 53.1 Å². The summed E-state index contributed by atoms with van der Waals surface area (Å²) in [5, 5.41) is 3.20. The lowest BCUT2D eigenvalue weighted by Gasteiger charge is -2.22. The van der Waals surface area contributed by atoms with Gasteiger partial charge in [-0.25, -0.2) is 14.6 Å². The lowest BCUT2D eigenvalue weighted by molar-refractivity contribution is -0.152. The van der Waals surface area contributed by atoms with E-state index in [1.54, 1.807) is 33.9 Å². The second kappa shape index (κ2) is 9.77. The van der Waals surface area contributed by atoms with Gasteiger partial charge >= 0.3 is 18.0 Å². The number of hydrogen-bond acceptors (Lipinski definition) is 8. The van der Waals surface area contributed by atoms with Crippen molar-refractivity contribution < 1.29 is 28.6 Å². The van der Waals surface area contributed by atoms with E-state index in [9.17, 15) is 14.4 Å². The van der Waals surface area contributed by atoms with Gasteiger partial charge in [-0.05, 0) is 46.2 Å². The summed E-state index contributed by atoms with van der Waals surface area (Å²) in [4.78, 5) is 41.0. The molecule has 1 saturated heterocycles. The monoisotopic (exact) mass is 410 g/mol. The Morgan fingerprint density at radius 3 is 2.71 bits per heavy atom. The number of hydrogen-bond donors (Lipinski definition) is 1. The number of esters is 2. The number of ether oxygens (including phenoxy) is 3. The molecule has 1 amide bonds. The fraction of sp³-hybridized carbons (Fsp3) is 0.579. The maximum absolute atomic E-state index is 12.5. The van der Waals surface area contributed by atoms with E-state index in [2.05, 4.69) is 10.3 Å². The Labute approximate surface area is 168 Å². The van der Waals surface area contributed by atoms with E-state index in [1.807, 2.05) is 18.2 Å². The van der Waals surface area contributed by atoms with Crippen molar-refractivity contribution in [3.63, 3.8) is 0 Å². The van der Waals surface area contributed by atoms with Crippen LogP contribution in [0.1, 0.15) is 34.1 Å². The zero-order valence-corrected chi connectivity index (χ0v) is 17.3. The fourth-order valence-corrected chi connectivity index (χ4v) is 3.44. The molecule has 8 nitrogen and oxygen atoms in total. The molecule has 1 fully saturated rings. The largest absolute Gasteiger partial charge is 0.463 e. The normalized spacial score (nSPS) is 23.5. The van der Waals surface area contributed by atoms with Crippen LogP contribution in [0.5, 0.6) is 0 Å². The molecule has 1 aromatic rings. The van der Waals surface area contributed by atoms with E-state index in [4.69, 9.17) is 14.2 Å². The molecule has 154 valence electrons. The van der Waals surface area contributed by atoms with Gasteiger partial charge in [0, 0.05) is 11.9 Å². The number of carbonyl (C=O) groups excluding carboxylic acids is 3. The van der Waals surface area contributed by atoms with Gasteiger partial charge in [0.1, 0.15) is 12.2 Å². The number of nitrogens with zero attached hydrogens (tertiary/aromatic N) is 1. The molecule has 9 heteroatoms. The van der Waals surface area contributed by atoms with Crippen LogP contribution in [0.25, 0.3) is 0 Å². The van der Waals surface area contributed by atoms with Gasteiger partial charge in [-0.2, -0.15) is 0 Å². The third kappa shape index (κ3) is 7.38. The van der Waals surface area contributed by atoms with Crippen molar-refractivity contribution >= 4 is 29.8 Å². The van der Waals surface area contributed by atoms with Crippen molar-refractivity contribution in [2.45, 2.75) is 56.9 Å². The van der Waals surface area contributed by atoms with Gasteiger partial charge in [0.25, 0.3) is 0 Å². The maximum Gasteiger partial charge on any atom is 0.408 e. The number of thioether (sulfide) groups is 1. The molecule has 2 unspecified atom stereocenters. The number of amides is 1. The van der Waals surface area contributed by atoms with Crippen LogP contribution < -0.4 is 5.32 Å². The van der Waals surface area contributed by atoms with Crippen LogP contribution in [-0.2, 0) is 23.8 Å². The lowest BCUT2D eigenvalue weighted by Crippen LogP contribution is -2.47. The van der Waals surface area contributed by atoms with Gasteiger partial charge in [-0.1, -0.05) is 6.07 Å². The smallest absolute Gasteiger partial charge is 0.408 e. The molecule has 0 bridgehead atoms. The molecular formula is C19H26N2O6S. The van der Waals surface area contributed by atoms with Crippen LogP contribution in [0.4, 0.5) is 4.79 Å². The molecule has 0 saturated carbocycles. The summed E-state index contributed by atoms with van der Waals surface area (Å²) in [6.45, 7) is 6.52. The Morgan fingerprint density at radius 1 is 1.32 bits per heavy atom. The minimum atomic E-state index is -1.12. The number of aromatic nitrogens is 1. The first-order valence-electron chi connectivity index (χ1n) is 9.04. The summed E-state index contributed by atoms with van der Waals surface area (Å²) >= 11 is 1.43. The van der Waals surface area contributed by atoms with E-state index in [0.29, 0.717) is 12.2 Å². The third-order valence-electron chi connectivity index (χ3n) is 3.71. The molecular weight excluding hydrogens is 384 g/mol. The molecule has 1 aliphatic heterocycles. The Balaban J connectivity index is 1.99. The minimum absolute atomic E-state index is 0.311. The third-order valence-corrected chi connectivity index (χ3v) is 4.81. The van der Waals surface area contributed by atoms with Gasteiger partial charge in [0.05, 0.1) is 17.0 Å². The second-order valence-corrected chi connectivity index (χ2v) is 8.53. The van der Waals surface area contributed by atoms with Crippen LogP contribution >= 0.6 is 11.8 Å². The Hall–Kier alpha value is -2.29. The number of cyclic esters (lactones) is 2. The van der Waals surface area contributed by atoms with E-state index < -0.39 is 41.7 Å². The summed E-state index contributed by atoms with van der Waals surface area (Å²) < 4.78 is 15.8. The van der Waals surface area contributed by atoms with Crippen LogP contribution in [0.3, 0.4) is 0 Å². The molecule has 28 heavy (non-hydrogen) atoms. The van der Waals surface area contributed by atoms with E-state index >= 15 is 0 Å². The van der Waals surface area contributed by atoms with Gasteiger partial charge in [-0.15, -0.1) is 11.8 Å². The first-order chi connectivity index (χ1) is 13.1. The minimum Gasteiger partial charge on any atom is -0.463 e. The Bertz CT molecular complexity index is 691. The zero-order valence-electron chi connectivity index (χ0n) is 16.5. The highest BCUT2D eigenvalue weighted by atomic mass is 32.2. The fourth-order valence-electron chi connectivity index (χ4n) is 2.48. The van der Waals surface area contributed by atoms with Crippen LogP contribution in [0.15, 0.2) is 29.4 Å². The number of carbonyl (C=O) groups is 3. The van der Waals surface area contributed by atoms with Crippen LogP contribution in [0.2, 0.25) is 0 Å². The molecule has 2 rings (SSSR count). The predicted octanol–water partition coefficient (Wildman–Crippen LogP) is 2.56. The highest BCUT2D eigenvalue weighted by molar-refractivity contribution is 7.99. The predicted molar refractivity (Wildman–Crippen MR) is 103 cm³/mol. The van der Waals surface area contributed by atoms with E-state index in [1.165, 1.54) is 11.8 Å². The summed E-state index contributed by atoms with van der Waals surface area (Å²) in [5.41, 5.74) is -0.718. The van der Waals surface area contributed by atoms with Gasteiger partial charge < -0.3 is 19.5 Å². The molecule has 0 aliphatic carbocycles. The van der Waals surface area contributed by atoms with Crippen molar-refractivity contribution in [1.29, 1.82) is 0 Å². The topological polar surface area (TPSA) is 104 Å². The van der Waals surface area contributed by atoms with Crippen molar-refractivity contribution in [2.75, 3.05) is 12.4 Å². The molecule has 1 aliphatic rings. The van der Waals surface area contributed by atoms with Crippen LogP contribution in [0, 0.1) is 5.92 Å². The number of pyridine rings is 1. The lowest BCUT2D eigenvalue weighted by atomic mass is 10.0.